The van der Waals surface area contributed by atoms with Crippen LogP contribution in [0.3, 0.4) is 0 Å². The Hall–Kier alpha value is -2.21. The average molecular weight is 307 g/mol. The molecule has 2 aromatic rings. The standard InChI is InChI=1S/C14H15ClN4O2/c1-7-5-8(2)11(9(3)6-7)18-14-12(19(20)21)13(15)16-10(4)17-14/h5-6H,1-4H3,(H,16,17,18). The van der Waals surface area contributed by atoms with Gasteiger partial charge in [-0.05, 0) is 38.8 Å². The summed E-state index contributed by atoms with van der Waals surface area (Å²) in [7, 11) is 0. The van der Waals surface area contributed by atoms with Crippen LogP contribution in [-0.4, -0.2) is 14.9 Å². The second-order valence-corrected chi connectivity index (χ2v) is 5.27. The molecule has 0 saturated heterocycles. The van der Waals surface area contributed by atoms with Gasteiger partial charge in [-0.2, -0.15) is 0 Å². The van der Waals surface area contributed by atoms with Crippen LogP contribution in [0.15, 0.2) is 12.1 Å². The molecule has 1 aromatic carbocycles. The number of aryl methyl sites for hydroxylation is 4. The summed E-state index contributed by atoms with van der Waals surface area (Å²) in [6.45, 7) is 7.50. The number of nitrogens with zero attached hydrogens (tertiary/aromatic N) is 3. The number of hydrogen-bond donors (Lipinski definition) is 1. The first-order chi connectivity index (χ1) is 9.79. The SMILES string of the molecule is Cc1cc(C)c(Nc2nc(C)nc(Cl)c2[N+](=O)[O-])c(C)c1. The first-order valence-electron chi connectivity index (χ1n) is 6.33. The van der Waals surface area contributed by atoms with E-state index in [0.717, 1.165) is 22.4 Å². The molecule has 0 atom stereocenters. The van der Waals surface area contributed by atoms with Crippen LogP contribution in [0, 0.1) is 37.8 Å². The molecule has 0 fully saturated rings. The molecule has 0 aliphatic rings. The zero-order valence-electron chi connectivity index (χ0n) is 12.2. The van der Waals surface area contributed by atoms with Gasteiger partial charge in [0.15, 0.2) is 0 Å². The van der Waals surface area contributed by atoms with Crippen LogP contribution in [0.25, 0.3) is 0 Å². The molecule has 0 radical (unpaired) electrons. The van der Waals surface area contributed by atoms with Crippen molar-refractivity contribution in [1.82, 2.24) is 9.97 Å². The third-order valence-electron chi connectivity index (χ3n) is 3.06. The topological polar surface area (TPSA) is 81.0 Å². The number of anilines is 2. The summed E-state index contributed by atoms with van der Waals surface area (Å²) < 4.78 is 0. The molecule has 0 saturated carbocycles. The lowest BCUT2D eigenvalue weighted by Crippen LogP contribution is -2.06. The van der Waals surface area contributed by atoms with Crippen LogP contribution in [0.2, 0.25) is 5.15 Å². The molecule has 0 aliphatic carbocycles. The Morgan fingerprint density at radius 1 is 1.14 bits per heavy atom. The van der Waals surface area contributed by atoms with Gasteiger partial charge in [0.2, 0.25) is 11.0 Å². The highest BCUT2D eigenvalue weighted by atomic mass is 35.5. The van der Waals surface area contributed by atoms with Gasteiger partial charge in [-0.15, -0.1) is 0 Å². The van der Waals surface area contributed by atoms with Crippen molar-refractivity contribution in [2.45, 2.75) is 27.7 Å². The number of aromatic nitrogens is 2. The average Bonchev–Trinajstić information content (AvgIpc) is 2.32. The normalized spacial score (nSPS) is 10.5. The Morgan fingerprint density at radius 3 is 2.24 bits per heavy atom. The highest BCUT2D eigenvalue weighted by Gasteiger charge is 2.23. The van der Waals surface area contributed by atoms with Crippen LogP contribution >= 0.6 is 11.6 Å². The molecule has 1 N–H and O–H groups in total. The number of nitrogens with one attached hydrogen (secondary N) is 1. The van der Waals surface area contributed by atoms with E-state index in [1.807, 2.05) is 32.9 Å². The number of benzene rings is 1. The minimum Gasteiger partial charge on any atom is -0.334 e. The number of nitro groups is 1. The lowest BCUT2D eigenvalue weighted by Gasteiger charge is -2.13. The van der Waals surface area contributed by atoms with E-state index in [1.165, 1.54) is 0 Å². The van der Waals surface area contributed by atoms with Gasteiger partial charge in [-0.25, -0.2) is 9.97 Å². The van der Waals surface area contributed by atoms with Crippen molar-refractivity contribution >= 4 is 28.8 Å². The zero-order valence-corrected chi connectivity index (χ0v) is 12.9. The Labute approximate surface area is 127 Å². The molecule has 1 heterocycles. The van der Waals surface area contributed by atoms with E-state index in [4.69, 9.17) is 11.6 Å². The molecule has 0 spiro atoms. The summed E-state index contributed by atoms with van der Waals surface area (Å²) in [5.41, 5.74) is 3.56. The quantitative estimate of drug-likeness (QED) is 0.526. The maximum Gasteiger partial charge on any atom is 0.348 e. The molecular weight excluding hydrogens is 292 g/mol. The Kier molecular flexibility index (Phi) is 4.09. The van der Waals surface area contributed by atoms with E-state index in [9.17, 15) is 10.1 Å². The van der Waals surface area contributed by atoms with Crippen LogP contribution in [0.4, 0.5) is 17.2 Å². The van der Waals surface area contributed by atoms with E-state index in [2.05, 4.69) is 15.3 Å². The zero-order chi connectivity index (χ0) is 15.7. The van der Waals surface area contributed by atoms with E-state index in [0.29, 0.717) is 5.82 Å². The van der Waals surface area contributed by atoms with E-state index in [-0.39, 0.29) is 16.7 Å². The van der Waals surface area contributed by atoms with Gasteiger partial charge in [-0.3, -0.25) is 10.1 Å². The molecule has 0 unspecified atom stereocenters. The second kappa shape index (κ2) is 5.65. The number of rotatable bonds is 3. The first kappa shape index (κ1) is 15.2. The summed E-state index contributed by atoms with van der Waals surface area (Å²) in [4.78, 5) is 18.5. The van der Waals surface area contributed by atoms with Crippen LogP contribution in [0.5, 0.6) is 0 Å². The monoisotopic (exact) mass is 306 g/mol. The highest BCUT2D eigenvalue weighted by molar-refractivity contribution is 6.32. The summed E-state index contributed by atoms with van der Waals surface area (Å²) in [5.74, 6) is 0.475. The van der Waals surface area contributed by atoms with E-state index >= 15 is 0 Å². The molecule has 21 heavy (non-hydrogen) atoms. The van der Waals surface area contributed by atoms with Gasteiger partial charge in [0.25, 0.3) is 0 Å². The lowest BCUT2D eigenvalue weighted by molar-refractivity contribution is -0.384. The molecule has 2 rings (SSSR count). The molecule has 0 amide bonds. The predicted octanol–water partition coefficient (Wildman–Crippen LogP) is 4.02. The predicted molar refractivity (Wildman–Crippen MR) is 82.4 cm³/mol. The van der Waals surface area contributed by atoms with E-state index in [1.54, 1.807) is 6.92 Å². The van der Waals surface area contributed by atoms with Crippen molar-refractivity contribution in [1.29, 1.82) is 0 Å². The van der Waals surface area contributed by atoms with Gasteiger partial charge < -0.3 is 5.32 Å². The summed E-state index contributed by atoms with van der Waals surface area (Å²) in [6, 6.07) is 3.99. The molecule has 110 valence electrons. The van der Waals surface area contributed by atoms with Crippen molar-refractivity contribution < 1.29 is 4.92 Å². The van der Waals surface area contributed by atoms with Gasteiger partial charge in [0.05, 0.1) is 4.92 Å². The van der Waals surface area contributed by atoms with Gasteiger partial charge in [0.1, 0.15) is 5.82 Å². The summed E-state index contributed by atoms with van der Waals surface area (Å²) in [5, 5.41) is 14.0. The highest BCUT2D eigenvalue weighted by Crippen LogP contribution is 2.33. The number of halogens is 1. The minimum atomic E-state index is -0.580. The fourth-order valence-electron chi connectivity index (χ4n) is 2.28. The van der Waals surface area contributed by atoms with Crippen molar-refractivity contribution in [3.05, 3.63) is 49.9 Å². The minimum absolute atomic E-state index is 0.104. The molecule has 0 bridgehead atoms. The Balaban J connectivity index is 2.57. The molecular formula is C14H15ClN4O2. The Bertz CT molecular complexity index is 708. The lowest BCUT2D eigenvalue weighted by atomic mass is 10.1. The molecule has 7 heteroatoms. The van der Waals surface area contributed by atoms with Crippen molar-refractivity contribution in [3.63, 3.8) is 0 Å². The molecule has 1 aromatic heterocycles. The van der Waals surface area contributed by atoms with Crippen LogP contribution in [-0.2, 0) is 0 Å². The second-order valence-electron chi connectivity index (χ2n) is 4.91. The largest absolute Gasteiger partial charge is 0.348 e. The van der Waals surface area contributed by atoms with Gasteiger partial charge in [0, 0.05) is 5.69 Å². The van der Waals surface area contributed by atoms with Crippen molar-refractivity contribution in [2.24, 2.45) is 0 Å². The number of hydrogen-bond acceptors (Lipinski definition) is 5. The molecule has 0 aliphatic heterocycles. The van der Waals surface area contributed by atoms with Gasteiger partial charge >= 0.3 is 5.69 Å². The summed E-state index contributed by atoms with van der Waals surface area (Å²) in [6.07, 6.45) is 0. The molecule has 6 nitrogen and oxygen atoms in total. The third kappa shape index (κ3) is 3.11. The fourth-order valence-corrected chi connectivity index (χ4v) is 2.56. The summed E-state index contributed by atoms with van der Waals surface area (Å²) >= 11 is 5.87. The van der Waals surface area contributed by atoms with E-state index < -0.39 is 4.92 Å². The maximum atomic E-state index is 11.2. The smallest absolute Gasteiger partial charge is 0.334 e. The maximum absolute atomic E-state index is 11.2. The van der Waals surface area contributed by atoms with Gasteiger partial charge in [-0.1, -0.05) is 29.3 Å². The van der Waals surface area contributed by atoms with Crippen LogP contribution < -0.4 is 5.32 Å². The first-order valence-corrected chi connectivity index (χ1v) is 6.70. The Morgan fingerprint density at radius 2 is 1.71 bits per heavy atom. The van der Waals surface area contributed by atoms with Crippen molar-refractivity contribution in [3.8, 4) is 0 Å². The third-order valence-corrected chi connectivity index (χ3v) is 3.32. The fraction of sp³-hybridized carbons (Fsp3) is 0.286. The van der Waals surface area contributed by atoms with Crippen LogP contribution in [0.1, 0.15) is 22.5 Å². The van der Waals surface area contributed by atoms with Crippen molar-refractivity contribution in [2.75, 3.05) is 5.32 Å².